The molecule has 1 aliphatic heterocycles. The standard InChI is InChI=1S/C14H21F3O5S2/c15-14(16,17)24(20,21)22-23(8-6-12(18)7-9-23)10-13(19)11-4-2-1-3-5-11/h11H,1-10H2. The van der Waals surface area contributed by atoms with Crippen molar-refractivity contribution in [2.75, 3.05) is 17.3 Å². The lowest BCUT2D eigenvalue weighted by molar-refractivity contribution is -0.121. The van der Waals surface area contributed by atoms with Gasteiger partial charge in [-0.15, -0.1) is 10.3 Å². The number of hydrogen-bond acceptors (Lipinski definition) is 5. The van der Waals surface area contributed by atoms with E-state index < -0.39 is 25.9 Å². The Labute approximate surface area is 141 Å². The van der Waals surface area contributed by atoms with Gasteiger partial charge in [-0.25, -0.2) is 3.63 Å². The van der Waals surface area contributed by atoms with Crippen molar-refractivity contribution in [1.82, 2.24) is 0 Å². The minimum Gasteiger partial charge on any atom is -0.300 e. The highest BCUT2D eigenvalue weighted by molar-refractivity contribution is 8.33. The Morgan fingerprint density at radius 3 is 2.17 bits per heavy atom. The van der Waals surface area contributed by atoms with Crippen molar-refractivity contribution < 1.29 is 34.8 Å². The molecule has 1 aliphatic carbocycles. The molecule has 0 bridgehead atoms. The first-order valence-corrected chi connectivity index (χ1v) is 11.4. The molecule has 0 aromatic heterocycles. The van der Waals surface area contributed by atoms with Crippen molar-refractivity contribution in [2.45, 2.75) is 50.5 Å². The second-order valence-electron chi connectivity index (χ2n) is 6.33. The van der Waals surface area contributed by atoms with E-state index in [4.69, 9.17) is 0 Å². The molecular weight excluding hydrogens is 369 g/mol. The van der Waals surface area contributed by atoms with Crippen LogP contribution in [0.1, 0.15) is 44.9 Å². The van der Waals surface area contributed by atoms with E-state index in [0.717, 1.165) is 19.3 Å². The minimum atomic E-state index is -5.78. The fourth-order valence-electron chi connectivity index (χ4n) is 3.09. The molecule has 0 radical (unpaired) electrons. The van der Waals surface area contributed by atoms with E-state index in [1.807, 2.05) is 0 Å². The van der Waals surface area contributed by atoms with E-state index >= 15 is 0 Å². The van der Waals surface area contributed by atoms with E-state index in [0.29, 0.717) is 12.8 Å². The SMILES string of the molecule is O=C1CCS(CC(=O)C2CCCCC2)(OS(=O)(=O)C(F)(F)F)CC1. The second kappa shape index (κ2) is 7.33. The summed E-state index contributed by atoms with van der Waals surface area (Å²) in [6, 6.07) is 0. The molecule has 0 N–H and O–H groups in total. The molecule has 2 rings (SSSR count). The van der Waals surface area contributed by atoms with Crippen molar-refractivity contribution in [3.05, 3.63) is 0 Å². The fourth-order valence-corrected chi connectivity index (χ4v) is 8.11. The van der Waals surface area contributed by atoms with E-state index in [9.17, 15) is 31.2 Å². The highest BCUT2D eigenvalue weighted by atomic mass is 32.3. The largest absolute Gasteiger partial charge is 0.523 e. The molecule has 5 nitrogen and oxygen atoms in total. The predicted molar refractivity (Wildman–Crippen MR) is 84.1 cm³/mol. The van der Waals surface area contributed by atoms with E-state index in [2.05, 4.69) is 3.63 Å². The Bertz CT molecular complexity index is 584. The number of rotatable bonds is 5. The summed E-state index contributed by atoms with van der Waals surface area (Å²) in [5.74, 6) is -1.11. The Morgan fingerprint density at radius 2 is 1.67 bits per heavy atom. The van der Waals surface area contributed by atoms with Gasteiger partial charge in [0.05, 0.1) is 5.75 Å². The smallest absolute Gasteiger partial charge is 0.300 e. The molecule has 2 aliphatic rings. The van der Waals surface area contributed by atoms with E-state index in [1.54, 1.807) is 0 Å². The van der Waals surface area contributed by atoms with Gasteiger partial charge in [0.2, 0.25) is 0 Å². The highest BCUT2D eigenvalue weighted by Crippen LogP contribution is 2.56. The average Bonchev–Trinajstić information content (AvgIpc) is 2.50. The van der Waals surface area contributed by atoms with Crippen LogP contribution in [0.15, 0.2) is 0 Å². The molecule has 0 aromatic rings. The Morgan fingerprint density at radius 1 is 1.12 bits per heavy atom. The summed E-state index contributed by atoms with van der Waals surface area (Å²) in [6.45, 7) is 0. The van der Waals surface area contributed by atoms with Crippen LogP contribution in [0.25, 0.3) is 0 Å². The topological polar surface area (TPSA) is 77.5 Å². The van der Waals surface area contributed by atoms with Gasteiger partial charge in [-0.3, -0.25) is 9.59 Å². The lowest BCUT2D eigenvalue weighted by Crippen LogP contribution is -2.36. The van der Waals surface area contributed by atoms with Crippen LogP contribution >= 0.6 is 10.3 Å². The maximum atomic E-state index is 12.7. The van der Waals surface area contributed by atoms with Gasteiger partial charge in [-0.1, -0.05) is 19.3 Å². The molecule has 1 saturated heterocycles. The molecule has 1 saturated carbocycles. The molecular formula is C14H21F3O5S2. The quantitative estimate of drug-likeness (QED) is 0.674. The molecule has 0 amide bonds. The Hall–Kier alpha value is -0.610. The summed E-state index contributed by atoms with van der Waals surface area (Å²) in [4.78, 5) is 23.9. The van der Waals surface area contributed by atoms with Crippen molar-refractivity contribution in [1.29, 1.82) is 0 Å². The average molecular weight is 390 g/mol. The monoisotopic (exact) mass is 390 g/mol. The van der Waals surface area contributed by atoms with Crippen LogP contribution in [0.2, 0.25) is 0 Å². The number of ketones is 2. The van der Waals surface area contributed by atoms with Crippen LogP contribution in [0.5, 0.6) is 0 Å². The van der Waals surface area contributed by atoms with E-state index in [1.165, 1.54) is 0 Å². The molecule has 0 atom stereocenters. The number of hydrogen-bond donors (Lipinski definition) is 0. The third kappa shape index (κ3) is 4.72. The van der Waals surface area contributed by atoms with Gasteiger partial charge in [0, 0.05) is 30.3 Å². The second-order valence-corrected chi connectivity index (χ2v) is 11.3. The van der Waals surface area contributed by atoms with Crippen LogP contribution in [0, 0.1) is 5.92 Å². The Kier molecular flexibility index (Phi) is 6.02. The molecule has 10 heteroatoms. The predicted octanol–water partition coefficient (Wildman–Crippen LogP) is 3.08. The maximum absolute atomic E-state index is 12.7. The summed E-state index contributed by atoms with van der Waals surface area (Å²) >= 11 is 0. The first-order valence-electron chi connectivity index (χ1n) is 7.88. The van der Waals surface area contributed by atoms with Gasteiger partial charge in [-0.2, -0.15) is 21.6 Å². The van der Waals surface area contributed by atoms with E-state index in [-0.39, 0.29) is 47.6 Å². The van der Waals surface area contributed by atoms with Gasteiger partial charge in [0.15, 0.2) is 0 Å². The molecule has 0 aromatic carbocycles. The third-order valence-corrected chi connectivity index (χ3v) is 9.63. The zero-order valence-corrected chi connectivity index (χ0v) is 14.8. The first kappa shape index (κ1) is 19.7. The first-order chi connectivity index (χ1) is 11.0. The number of alkyl halides is 3. The van der Waals surface area contributed by atoms with Crippen molar-refractivity contribution in [3.63, 3.8) is 0 Å². The number of carbonyl (C=O) groups is 2. The molecule has 24 heavy (non-hydrogen) atoms. The van der Waals surface area contributed by atoms with Crippen molar-refractivity contribution in [3.8, 4) is 0 Å². The number of carbonyl (C=O) groups excluding carboxylic acids is 2. The zero-order valence-electron chi connectivity index (χ0n) is 13.1. The summed E-state index contributed by atoms with van der Waals surface area (Å²) in [5.41, 5.74) is -5.53. The zero-order chi connectivity index (χ0) is 18.0. The van der Waals surface area contributed by atoms with Crippen molar-refractivity contribution in [2.24, 2.45) is 5.92 Å². The van der Waals surface area contributed by atoms with Crippen LogP contribution < -0.4 is 0 Å². The van der Waals surface area contributed by atoms with Crippen LogP contribution in [0.3, 0.4) is 0 Å². The third-order valence-electron chi connectivity index (χ3n) is 4.49. The van der Waals surface area contributed by atoms with Crippen LogP contribution in [-0.4, -0.2) is 42.8 Å². The highest BCUT2D eigenvalue weighted by Gasteiger charge is 2.52. The van der Waals surface area contributed by atoms with Crippen LogP contribution in [-0.2, 0) is 23.3 Å². The van der Waals surface area contributed by atoms with Gasteiger partial charge < -0.3 is 0 Å². The van der Waals surface area contributed by atoms with Crippen LogP contribution in [0.4, 0.5) is 13.2 Å². The van der Waals surface area contributed by atoms with Gasteiger partial charge >= 0.3 is 15.6 Å². The van der Waals surface area contributed by atoms with Gasteiger partial charge in [0.1, 0.15) is 11.6 Å². The summed E-state index contributed by atoms with van der Waals surface area (Å²) in [7, 11) is -8.57. The Balaban J connectivity index is 2.17. The molecule has 2 fully saturated rings. The summed E-state index contributed by atoms with van der Waals surface area (Å²) < 4.78 is 65.5. The van der Waals surface area contributed by atoms with Gasteiger partial charge in [0.25, 0.3) is 0 Å². The lowest BCUT2D eigenvalue weighted by Gasteiger charge is -2.41. The number of Topliss-reactive ketones (excluding diaryl/α,β-unsaturated/α-hetero) is 2. The lowest BCUT2D eigenvalue weighted by atomic mass is 9.87. The maximum Gasteiger partial charge on any atom is 0.523 e. The molecule has 1 heterocycles. The van der Waals surface area contributed by atoms with Gasteiger partial charge in [-0.05, 0) is 12.8 Å². The molecule has 0 spiro atoms. The summed E-state index contributed by atoms with van der Waals surface area (Å²) in [6.07, 6.45) is 4.08. The minimum absolute atomic E-state index is 0.0410. The fraction of sp³-hybridized carbons (Fsp3) is 0.857. The van der Waals surface area contributed by atoms with Crippen molar-refractivity contribution >= 4 is 32.0 Å². The normalized spacial score (nSPS) is 24.5. The summed E-state index contributed by atoms with van der Waals surface area (Å²) in [5, 5.41) is 0. The molecule has 140 valence electrons. The molecule has 0 unspecified atom stereocenters. The number of halogens is 3.